The first kappa shape index (κ1) is 27.2. The van der Waals surface area contributed by atoms with Crippen LogP contribution in [0.2, 0.25) is 0 Å². The maximum absolute atomic E-state index is 10.2. The van der Waals surface area contributed by atoms with E-state index in [1.165, 1.54) is 22.4 Å². The number of nitrogens with zero attached hydrogens (tertiary/aromatic N) is 3. The van der Waals surface area contributed by atoms with Gasteiger partial charge in [0, 0.05) is 45.7 Å². The van der Waals surface area contributed by atoms with Crippen LogP contribution < -0.4 is 9.64 Å². The molecule has 3 aromatic carbocycles. The van der Waals surface area contributed by atoms with Gasteiger partial charge >= 0.3 is 0 Å². The summed E-state index contributed by atoms with van der Waals surface area (Å²) in [6.07, 6.45) is 5.54. The van der Waals surface area contributed by atoms with Gasteiger partial charge in [-0.15, -0.1) is 5.10 Å². The van der Waals surface area contributed by atoms with Crippen molar-refractivity contribution in [1.82, 2.24) is 0 Å². The minimum Gasteiger partial charge on any atom is -0.497 e. The number of hydrogen-bond donors (Lipinski definition) is 1. The standard InChI is InChI=1S/C30H33N3O2.Co/c1-5-22-12-14-23(15-13-22)21-30(3)26-20-25(35-4)16-17-27(26)33(6-2)28(30)18-19-31-32-29(34)24-10-8-7-9-11-24;/h7-20H,5-6,21H2,1-4H3,(H,32,34);/b28-18-,31-19+;. The maximum Gasteiger partial charge on any atom is 0.238 e. The van der Waals surface area contributed by atoms with Gasteiger partial charge in [0.25, 0.3) is 0 Å². The number of methoxy groups -OCH3 is 1. The molecular weight excluding hydrogens is 493 g/mol. The number of ether oxygens (including phenoxy) is 1. The fourth-order valence-corrected chi connectivity index (χ4v) is 4.82. The number of allylic oxidation sites excluding steroid dienone is 2. The smallest absolute Gasteiger partial charge is 0.238 e. The molecule has 189 valence electrons. The number of rotatable bonds is 8. The molecular formula is C30H33CoN3O2. The average molecular weight is 527 g/mol. The van der Waals surface area contributed by atoms with Crippen LogP contribution in [-0.4, -0.2) is 30.9 Å². The number of benzene rings is 3. The largest absolute Gasteiger partial charge is 0.497 e. The number of hydrogen-bond acceptors (Lipinski definition) is 4. The van der Waals surface area contributed by atoms with Crippen LogP contribution in [0.4, 0.5) is 5.69 Å². The second-order valence-corrected chi connectivity index (χ2v) is 8.91. The average Bonchev–Trinajstić information content (AvgIpc) is 3.13. The summed E-state index contributed by atoms with van der Waals surface area (Å²) in [6.45, 7) is 7.42. The zero-order valence-electron chi connectivity index (χ0n) is 21.2. The van der Waals surface area contributed by atoms with Crippen molar-refractivity contribution in [1.29, 1.82) is 0 Å². The molecule has 1 atom stereocenters. The third kappa shape index (κ3) is 5.55. The molecule has 0 aliphatic carbocycles. The summed E-state index contributed by atoms with van der Waals surface area (Å²) < 4.78 is 5.57. The van der Waals surface area contributed by atoms with Crippen LogP contribution >= 0.6 is 0 Å². The molecule has 0 fully saturated rings. The van der Waals surface area contributed by atoms with E-state index in [2.05, 4.69) is 72.3 Å². The minimum atomic E-state index is -0.287. The first-order chi connectivity index (χ1) is 17.0. The summed E-state index contributed by atoms with van der Waals surface area (Å²) in [5, 5.41) is 18.4. The van der Waals surface area contributed by atoms with Gasteiger partial charge in [0.05, 0.1) is 13.3 Å². The third-order valence-electron chi connectivity index (χ3n) is 6.73. The monoisotopic (exact) mass is 526 g/mol. The molecule has 36 heavy (non-hydrogen) atoms. The molecule has 6 heteroatoms. The fourth-order valence-electron chi connectivity index (χ4n) is 4.82. The Morgan fingerprint density at radius 3 is 2.33 bits per heavy atom. The quantitative estimate of drug-likeness (QED) is 0.208. The first-order valence-corrected chi connectivity index (χ1v) is 12.1. The predicted molar refractivity (Wildman–Crippen MR) is 145 cm³/mol. The van der Waals surface area contributed by atoms with E-state index in [1.807, 2.05) is 30.3 Å². The Morgan fingerprint density at radius 2 is 1.69 bits per heavy atom. The summed E-state index contributed by atoms with van der Waals surface area (Å²) in [5.74, 6) is 0.741. The van der Waals surface area contributed by atoms with Crippen molar-refractivity contribution >= 4 is 17.8 Å². The van der Waals surface area contributed by atoms with E-state index in [0.29, 0.717) is 5.56 Å². The van der Waals surface area contributed by atoms with Gasteiger partial charge in [-0.05, 0) is 79.8 Å². The Kier molecular flexibility index (Phi) is 9.12. The number of fused-ring (bicyclic) bond motifs is 1. The number of anilines is 1. The van der Waals surface area contributed by atoms with Crippen molar-refractivity contribution in [2.75, 3.05) is 18.6 Å². The topological polar surface area (TPSA) is 57.4 Å². The molecule has 4 rings (SSSR count). The molecule has 1 aliphatic rings. The summed E-state index contributed by atoms with van der Waals surface area (Å²) >= 11 is 0. The third-order valence-corrected chi connectivity index (χ3v) is 6.73. The van der Waals surface area contributed by atoms with Crippen LogP contribution in [-0.2, 0) is 35.0 Å². The van der Waals surface area contributed by atoms with Crippen LogP contribution in [0.15, 0.2) is 94.8 Å². The predicted octanol–water partition coefficient (Wildman–Crippen LogP) is 6.47. The van der Waals surface area contributed by atoms with Gasteiger partial charge in [-0.2, -0.15) is 5.10 Å². The molecule has 0 bridgehead atoms. The van der Waals surface area contributed by atoms with Crippen LogP contribution in [0.25, 0.3) is 0 Å². The van der Waals surface area contributed by atoms with Crippen molar-refractivity contribution in [3.8, 4) is 5.75 Å². The Balaban J connectivity index is 0.00000361. The molecule has 0 aromatic heterocycles. The normalized spacial score (nSPS) is 18.4. The van der Waals surface area contributed by atoms with Crippen molar-refractivity contribution in [3.05, 3.63) is 107 Å². The summed E-state index contributed by atoms with van der Waals surface area (Å²) in [7, 11) is 1.70. The number of aliphatic hydroxyl groups excluding tert-OH is 1. The van der Waals surface area contributed by atoms with E-state index in [-0.39, 0.29) is 28.1 Å². The van der Waals surface area contributed by atoms with Gasteiger partial charge in [0.1, 0.15) is 5.75 Å². The van der Waals surface area contributed by atoms with E-state index >= 15 is 0 Å². The van der Waals surface area contributed by atoms with Crippen LogP contribution in [0.1, 0.15) is 43.0 Å². The van der Waals surface area contributed by atoms with E-state index in [0.717, 1.165) is 30.8 Å². The summed E-state index contributed by atoms with van der Waals surface area (Å²) in [6, 6.07) is 24.4. The maximum atomic E-state index is 10.2. The van der Waals surface area contributed by atoms with Crippen molar-refractivity contribution in [2.24, 2.45) is 10.2 Å². The van der Waals surface area contributed by atoms with Gasteiger partial charge in [-0.25, -0.2) is 0 Å². The summed E-state index contributed by atoms with van der Waals surface area (Å²) in [5.41, 5.74) is 6.50. The fraction of sp³-hybridized carbons (Fsp3) is 0.267. The minimum absolute atomic E-state index is 0. The Labute approximate surface area is 224 Å². The Bertz CT molecular complexity index is 1250. The van der Waals surface area contributed by atoms with Crippen molar-refractivity contribution in [2.45, 2.75) is 39.0 Å². The molecule has 1 unspecified atom stereocenters. The van der Waals surface area contributed by atoms with E-state index in [9.17, 15) is 5.11 Å². The molecule has 0 saturated carbocycles. The van der Waals surface area contributed by atoms with Crippen molar-refractivity contribution in [3.63, 3.8) is 0 Å². The molecule has 1 N–H and O–H groups in total. The van der Waals surface area contributed by atoms with Crippen LogP contribution in [0.3, 0.4) is 0 Å². The molecule has 1 aliphatic heterocycles. The van der Waals surface area contributed by atoms with Gasteiger partial charge in [-0.1, -0.05) is 49.4 Å². The molecule has 0 saturated heterocycles. The Hall–Kier alpha value is -3.35. The molecule has 1 heterocycles. The summed E-state index contributed by atoms with van der Waals surface area (Å²) in [4.78, 5) is 2.32. The van der Waals surface area contributed by atoms with Crippen LogP contribution in [0.5, 0.6) is 5.75 Å². The van der Waals surface area contributed by atoms with Crippen molar-refractivity contribution < 1.29 is 26.6 Å². The van der Waals surface area contributed by atoms with Gasteiger partial charge in [0.2, 0.25) is 5.90 Å². The zero-order valence-corrected chi connectivity index (χ0v) is 22.3. The molecule has 0 spiro atoms. The SMILES string of the molecule is CCc1ccc(CC2(C)/C(=C/C=N/N=C(\O)c3ccccc3)N(CC)c3ccc(OC)cc32)cc1.[Co]. The Morgan fingerprint density at radius 1 is 1.00 bits per heavy atom. The van der Waals surface area contributed by atoms with Gasteiger partial charge in [0.15, 0.2) is 0 Å². The zero-order chi connectivity index (χ0) is 24.8. The van der Waals surface area contributed by atoms with Gasteiger partial charge < -0.3 is 14.7 Å². The number of likely N-dealkylation sites (N-methyl/N-ethyl adjacent to an activating group) is 1. The van der Waals surface area contributed by atoms with E-state index < -0.39 is 0 Å². The van der Waals surface area contributed by atoms with E-state index in [4.69, 9.17) is 4.74 Å². The molecule has 1 radical (unpaired) electrons. The molecule has 3 aromatic rings. The van der Waals surface area contributed by atoms with E-state index in [1.54, 1.807) is 25.5 Å². The second-order valence-electron chi connectivity index (χ2n) is 8.91. The second kappa shape index (κ2) is 12.1. The molecule has 0 amide bonds. The molecule has 5 nitrogen and oxygen atoms in total. The van der Waals surface area contributed by atoms with Gasteiger partial charge in [-0.3, -0.25) is 0 Å². The number of aryl methyl sites for hydroxylation is 1. The first-order valence-electron chi connectivity index (χ1n) is 12.1. The number of aliphatic hydroxyl groups is 1. The van der Waals surface area contributed by atoms with Crippen LogP contribution in [0, 0.1) is 0 Å².